The van der Waals surface area contributed by atoms with Crippen LogP contribution >= 0.6 is 0 Å². The van der Waals surface area contributed by atoms with Crippen LogP contribution < -0.4 is 5.32 Å². The third kappa shape index (κ3) is 2.40. The van der Waals surface area contributed by atoms with Crippen LogP contribution in [-0.4, -0.2) is 50.2 Å². The summed E-state index contributed by atoms with van der Waals surface area (Å²) in [5.41, 5.74) is 1.33. The first kappa shape index (κ1) is 19.8. The summed E-state index contributed by atoms with van der Waals surface area (Å²) >= 11 is 0. The summed E-state index contributed by atoms with van der Waals surface area (Å²) < 4.78 is 16.5. The number of hydrogen-bond acceptors (Lipinski definition) is 7. The largest absolute Gasteiger partial charge is 0.466 e. The number of ketones is 2. The Balaban J connectivity index is 1.97. The summed E-state index contributed by atoms with van der Waals surface area (Å²) in [5, 5.41) is 3.47. The van der Waals surface area contributed by atoms with Crippen LogP contribution in [0.3, 0.4) is 0 Å². The number of anilines is 1. The minimum absolute atomic E-state index is 0.0214. The number of fused-ring (bicyclic) bond motifs is 2. The number of esters is 1. The fourth-order valence-corrected chi connectivity index (χ4v) is 5.58. The summed E-state index contributed by atoms with van der Waals surface area (Å²) in [6, 6.07) is 7.19. The highest BCUT2D eigenvalue weighted by molar-refractivity contribution is 6.04. The third-order valence-electron chi connectivity index (χ3n) is 6.65. The molecule has 2 bridgehead atoms. The second kappa shape index (κ2) is 6.78. The fraction of sp³-hybridized carbons (Fsp3) is 0.500. The number of carbonyl (C=O) groups excluding carboxylic acids is 3. The molecule has 4 unspecified atom stereocenters. The van der Waals surface area contributed by atoms with Crippen LogP contribution in [0.5, 0.6) is 0 Å². The van der Waals surface area contributed by atoms with Crippen LogP contribution in [0.1, 0.15) is 25.8 Å². The number of carbonyl (C=O) groups is 3. The van der Waals surface area contributed by atoms with Gasteiger partial charge in [-0.25, -0.2) is 0 Å². The maximum Gasteiger partial charge on any atom is 0.306 e. The molecule has 0 radical (unpaired) electrons. The van der Waals surface area contributed by atoms with E-state index in [0.717, 1.165) is 11.3 Å². The van der Waals surface area contributed by atoms with Gasteiger partial charge in [-0.05, 0) is 25.5 Å². The highest BCUT2D eigenvalue weighted by Gasteiger charge is 2.73. The maximum atomic E-state index is 13.7. The molecule has 7 heteroatoms. The standard InChI is InChI=1S/C22H25NO6/c1-5-29-17(25)11-21-14-8-6-7-9-16(14)23-19(21)18-13(12(2)24)10-15(21)20(26)22(18,27-3)28-4/h6-10,15,18-19,23H,5,11H2,1-4H3. The van der Waals surface area contributed by atoms with Gasteiger partial charge < -0.3 is 19.5 Å². The van der Waals surface area contributed by atoms with Gasteiger partial charge in [-0.2, -0.15) is 0 Å². The lowest BCUT2D eigenvalue weighted by molar-refractivity contribution is -0.245. The number of benzene rings is 1. The van der Waals surface area contributed by atoms with Gasteiger partial charge in [-0.15, -0.1) is 0 Å². The van der Waals surface area contributed by atoms with Crippen molar-refractivity contribution in [2.75, 3.05) is 26.1 Å². The molecular weight excluding hydrogens is 374 g/mol. The molecule has 0 spiro atoms. The number of rotatable bonds is 6. The highest BCUT2D eigenvalue weighted by Crippen LogP contribution is 2.62. The van der Waals surface area contributed by atoms with Crippen LogP contribution in [0, 0.1) is 11.8 Å². The minimum atomic E-state index is -1.59. The molecule has 0 saturated heterocycles. The van der Waals surface area contributed by atoms with E-state index in [1.54, 1.807) is 13.0 Å². The number of nitrogens with one attached hydrogen (secondary N) is 1. The van der Waals surface area contributed by atoms with E-state index < -0.39 is 29.1 Å². The third-order valence-corrected chi connectivity index (χ3v) is 6.65. The van der Waals surface area contributed by atoms with E-state index in [4.69, 9.17) is 14.2 Å². The van der Waals surface area contributed by atoms with Gasteiger partial charge in [0.25, 0.3) is 0 Å². The maximum absolute atomic E-state index is 13.7. The molecule has 154 valence electrons. The normalized spacial score (nSPS) is 30.8. The lowest BCUT2D eigenvalue weighted by Gasteiger charge is -2.57. The van der Waals surface area contributed by atoms with Crippen molar-refractivity contribution in [3.63, 3.8) is 0 Å². The van der Waals surface area contributed by atoms with E-state index in [2.05, 4.69) is 5.32 Å². The molecule has 0 amide bonds. The summed E-state index contributed by atoms with van der Waals surface area (Å²) in [4.78, 5) is 38.8. The molecule has 4 atom stereocenters. The van der Waals surface area contributed by atoms with E-state index >= 15 is 0 Å². The summed E-state index contributed by atoms with van der Waals surface area (Å²) in [6.07, 6.45) is 1.73. The SMILES string of the molecule is CCOC(=O)CC12c3ccccc3NC1C1C(C(C)=O)=CC2C(=O)C1(OC)OC. The summed E-state index contributed by atoms with van der Waals surface area (Å²) in [7, 11) is 2.82. The average Bonchev–Trinajstić information content (AvgIpc) is 3.04. The average molecular weight is 399 g/mol. The Morgan fingerprint density at radius 1 is 1.17 bits per heavy atom. The molecule has 1 saturated carbocycles. The van der Waals surface area contributed by atoms with Crippen LogP contribution in [0.25, 0.3) is 0 Å². The van der Waals surface area contributed by atoms with Crippen molar-refractivity contribution in [1.29, 1.82) is 0 Å². The summed E-state index contributed by atoms with van der Waals surface area (Å²) in [5.74, 6) is -3.86. The fourth-order valence-electron chi connectivity index (χ4n) is 5.58. The zero-order valence-electron chi connectivity index (χ0n) is 17.0. The van der Waals surface area contributed by atoms with Gasteiger partial charge in [0.15, 0.2) is 11.6 Å². The van der Waals surface area contributed by atoms with Gasteiger partial charge in [0.2, 0.25) is 5.79 Å². The van der Waals surface area contributed by atoms with Crippen molar-refractivity contribution in [3.8, 4) is 0 Å². The number of Topliss-reactive ketones (excluding diaryl/α,β-unsaturated/α-hetero) is 2. The van der Waals surface area contributed by atoms with Crippen molar-refractivity contribution >= 4 is 23.2 Å². The summed E-state index contributed by atoms with van der Waals surface area (Å²) in [6.45, 7) is 3.48. The van der Waals surface area contributed by atoms with Gasteiger partial charge in [-0.1, -0.05) is 24.3 Å². The molecule has 0 aromatic heterocycles. The van der Waals surface area contributed by atoms with Gasteiger partial charge >= 0.3 is 5.97 Å². The zero-order chi connectivity index (χ0) is 21.0. The number of methoxy groups -OCH3 is 2. The molecule has 1 aromatic carbocycles. The van der Waals surface area contributed by atoms with Crippen LogP contribution in [0.4, 0.5) is 5.69 Å². The quantitative estimate of drug-likeness (QED) is 0.578. The van der Waals surface area contributed by atoms with Gasteiger partial charge in [0, 0.05) is 30.9 Å². The Morgan fingerprint density at radius 3 is 2.48 bits per heavy atom. The molecule has 1 N–H and O–H groups in total. The first-order valence-corrected chi connectivity index (χ1v) is 9.76. The molecule has 1 heterocycles. The minimum Gasteiger partial charge on any atom is -0.466 e. The lowest BCUT2D eigenvalue weighted by atomic mass is 9.49. The van der Waals surface area contributed by atoms with Gasteiger partial charge in [0.1, 0.15) is 0 Å². The van der Waals surface area contributed by atoms with Crippen LogP contribution in [0.2, 0.25) is 0 Å². The molecule has 7 nitrogen and oxygen atoms in total. The Bertz CT molecular complexity index is 918. The topological polar surface area (TPSA) is 90.9 Å². The molecule has 29 heavy (non-hydrogen) atoms. The van der Waals surface area contributed by atoms with Crippen molar-refractivity contribution in [3.05, 3.63) is 41.5 Å². The Hall–Kier alpha value is -2.51. The highest BCUT2D eigenvalue weighted by atomic mass is 16.7. The van der Waals surface area contributed by atoms with Crippen molar-refractivity contribution in [2.24, 2.45) is 11.8 Å². The first-order valence-electron chi connectivity index (χ1n) is 9.76. The Kier molecular flexibility index (Phi) is 4.63. The number of hydrogen-bond donors (Lipinski definition) is 1. The predicted molar refractivity (Wildman–Crippen MR) is 104 cm³/mol. The lowest BCUT2D eigenvalue weighted by Crippen LogP contribution is -2.72. The van der Waals surface area contributed by atoms with Gasteiger partial charge in [-0.3, -0.25) is 14.4 Å². The smallest absolute Gasteiger partial charge is 0.306 e. The molecule has 3 aliphatic carbocycles. The molecule has 4 aliphatic rings. The second-order valence-corrected chi connectivity index (χ2v) is 7.76. The van der Waals surface area contributed by atoms with E-state index in [-0.39, 0.29) is 30.6 Å². The van der Waals surface area contributed by atoms with E-state index in [1.807, 2.05) is 24.3 Å². The van der Waals surface area contributed by atoms with Crippen molar-refractivity contribution < 1.29 is 28.6 Å². The van der Waals surface area contributed by atoms with Crippen molar-refractivity contribution in [2.45, 2.75) is 37.5 Å². The monoisotopic (exact) mass is 399 g/mol. The molecular formula is C22H25NO6. The number of ether oxygens (including phenoxy) is 3. The van der Waals surface area contributed by atoms with Crippen LogP contribution in [0.15, 0.2) is 35.9 Å². The molecule has 5 rings (SSSR count). The molecule has 1 fully saturated rings. The van der Waals surface area contributed by atoms with E-state index in [0.29, 0.717) is 5.57 Å². The van der Waals surface area contributed by atoms with Crippen molar-refractivity contribution in [1.82, 2.24) is 0 Å². The Morgan fingerprint density at radius 2 is 1.86 bits per heavy atom. The molecule has 1 aromatic rings. The zero-order valence-corrected chi connectivity index (χ0v) is 17.0. The van der Waals surface area contributed by atoms with E-state index in [9.17, 15) is 14.4 Å². The second-order valence-electron chi connectivity index (χ2n) is 7.76. The predicted octanol–water partition coefficient (Wildman–Crippen LogP) is 2.00. The van der Waals surface area contributed by atoms with E-state index in [1.165, 1.54) is 21.1 Å². The van der Waals surface area contributed by atoms with Gasteiger partial charge in [0.05, 0.1) is 30.9 Å². The number of para-hydroxylation sites is 1. The van der Waals surface area contributed by atoms with Crippen LogP contribution in [-0.2, 0) is 34.0 Å². The first-order chi connectivity index (χ1) is 13.9. The number of allylic oxidation sites excluding steroid dienone is 1. The Labute approximate surface area is 169 Å². The molecule has 1 aliphatic heterocycles.